The minimum atomic E-state index is -0.306. The molecule has 1 aromatic heterocycles. The Bertz CT molecular complexity index is 405. The molecule has 88 valence electrons. The zero-order chi connectivity index (χ0) is 11.7. The van der Waals surface area contributed by atoms with Gasteiger partial charge in [-0.2, -0.15) is 5.10 Å². The number of aryl methyl sites for hydroxylation is 1. The number of nitrogens with zero attached hydrogens (tertiary/aromatic N) is 2. The van der Waals surface area contributed by atoms with Gasteiger partial charge in [-0.3, -0.25) is 9.48 Å². The van der Waals surface area contributed by atoms with Crippen LogP contribution in [0.15, 0.2) is 6.20 Å². The van der Waals surface area contributed by atoms with Crippen LogP contribution >= 0.6 is 11.6 Å². The summed E-state index contributed by atoms with van der Waals surface area (Å²) in [6, 6.07) is -0.247. The molecule has 0 bridgehead atoms. The number of halogens is 1. The van der Waals surface area contributed by atoms with Crippen molar-refractivity contribution in [2.24, 2.45) is 11.7 Å². The summed E-state index contributed by atoms with van der Waals surface area (Å²) in [5, 5.41) is 4.41. The molecule has 0 spiro atoms. The highest BCUT2D eigenvalue weighted by atomic mass is 35.5. The van der Waals surface area contributed by atoms with Crippen LogP contribution in [0.5, 0.6) is 0 Å². The fraction of sp³-hybridized carbons (Fsp3) is 0.600. The van der Waals surface area contributed by atoms with Crippen molar-refractivity contribution in [3.63, 3.8) is 0 Å². The van der Waals surface area contributed by atoms with Crippen LogP contribution in [0.1, 0.15) is 17.4 Å². The molecule has 2 rings (SSSR count). The molecule has 1 fully saturated rings. The summed E-state index contributed by atoms with van der Waals surface area (Å²) in [5.74, 6) is -0.381. The van der Waals surface area contributed by atoms with Crippen LogP contribution in [0.3, 0.4) is 0 Å². The van der Waals surface area contributed by atoms with Crippen molar-refractivity contribution >= 4 is 17.4 Å². The van der Waals surface area contributed by atoms with Gasteiger partial charge in [0.15, 0.2) is 5.78 Å². The molecular formula is C10H14ClN3O2. The minimum Gasteiger partial charge on any atom is -0.379 e. The second-order valence-electron chi connectivity index (χ2n) is 3.83. The molecular weight excluding hydrogens is 230 g/mol. The molecule has 0 amide bonds. The van der Waals surface area contributed by atoms with E-state index in [1.807, 2.05) is 6.92 Å². The van der Waals surface area contributed by atoms with Crippen molar-refractivity contribution in [1.29, 1.82) is 0 Å². The van der Waals surface area contributed by atoms with Gasteiger partial charge in [0, 0.05) is 12.6 Å². The number of nitrogens with two attached hydrogens (primary N) is 1. The monoisotopic (exact) mass is 243 g/mol. The fourth-order valence-electron chi connectivity index (χ4n) is 1.86. The van der Waals surface area contributed by atoms with Crippen molar-refractivity contribution < 1.29 is 9.53 Å². The summed E-state index contributed by atoms with van der Waals surface area (Å²) < 4.78 is 6.78. The highest BCUT2D eigenvalue weighted by Crippen LogP contribution is 2.23. The summed E-state index contributed by atoms with van der Waals surface area (Å²) >= 11 is 5.96. The molecule has 0 saturated carbocycles. The first kappa shape index (κ1) is 11.6. The van der Waals surface area contributed by atoms with E-state index < -0.39 is 0 Å². The number of hydrogen-bond donors (Lipinski definition) is 1. The van der Waals surface area contributed by atoms with Gasteiger partial charge in [-0.1, -0.05) is 11.6 Å². The van der Waals surface area contributed by atoms with E-state index in [1.54, 1.807) is 4.68 Å². The minimum absolute atomic E-state index is 0.0747. The Balaban J connectivity index is 2.29. The second-order valence-corrected chi connectivity index (χ2v) is 4.24. The van der Waals surface area contributed by atoms with Crippen LogP contribution in [0.25, 0.3) is 0 Å². The van der Waals surface area contributed by atoms with Crippen LogP contribution in [-0.2, 0) is 11.3 Å². The molecule has 1 aliphatic heterocycles. The van der Waals surface area contributed by atoms with Crippen LogP contribution in [0.2, 0.25) is 5.02 Å². The molecule has 2 atom stereocenters. The number of aromatic nitrogens is 2. The Morgan fingerprint density at radius 3 is 3.06 bits per heavy atom. The maximum absolute atomic E-state index is 12.2. The first-order chi connectivity index (χ1) is 7.65. The third-order valence-electron chi connectivity index (χ3n) is 2.79. The molecule has 2 N–H and O–H groups in total. The quantitative estimate of drug-likeness (QED) is 0.794. The Labute approximate surface area is 98.5 Å². The smallest absolute Gasteiger partial charge is 0.189 e. The highest BCUT2D eigenvalue weighted by molar-refractivity contribution is 6.33. The molecule has 1 saturated heterocycles. The summed E-state index contributed by atoms with van der Waals surface area (Å²) in [6.45, 7) is 3.31. The van der Waals surface area contributed by atoms with Gasteiger partial charge in [0.2, 0.25) is 0 Å². The SMILES string of the molecule is CCn1ncc(Cl)c1C(=O)C1COCC1N. The molecule has 0 aromatic carbocycles. The van der Waals surface area contributed by atoms with Crippen LogP contribution < -0.4 is 5.73 Å². The lowest BCUT2D eigenvalue weighted by atomic mass is 9.97. The number of Topliss-reactive ketones (excluding diaryl/α,β-unsaturated/α-hetero) is 1. The largest absolute Gasteiger partial charge is 0.379 e. The van der Waals surface area contributed by atoms with Crippen LogP contribution in [0.4, 0.5) is 0 Å². The van der Waals surface area contributed by atoms with Gasteiger partial charge in [0.05, 0.1) is 30.4 Å². The predicted molar refractivity (Wildman–Crippen MR) is 59.5 cm³/mol. The molecule has 2 unspecified atom stereocenters. The van der Waals surface area contributed by atoms with E-state index in [9.17, 15) is 4.79 Å². The van der Waals surface area contributed by atoms with Gasteiger partial charge in [-0.25, -0.2) is 0 Å². The highest BCUT2D eigenvalue weighted by Gasteiger charge is 2.34. The number of rotatable bonds is 3. The number of ketones is 1. The number of carbonyl (C=O) groups excluding carboxylic acids is 1. The zero-order valence-corrected chi connectivity index (χ0v) is 9.78. The molecule has 1 aliphatic rings. The molecule has 5 nitrogen and oxygen atoms in total. The van der Waals surface area contributed by atoms with Crippen molar-refractivity contribution in [2.45, 2.75) is 19.5 Å². The van der Waals surface area contributed by atoms with Crippen LogP contribution in [-0.4, -0.2) is 34.8 Å². The number of hydrogen-bond acceptors (Lipinski definition) is 4. The van der Waals surface area contributed by atoms with Crippen LogP contribution in [0, 0.1) is 5.92 Å². The molecule has 0 radical (unpaired) electrons. The summed E-state index contributed by atoms with van der Waals surface area (Å²) in [6.07, 6.45) is 1.49. The lowest BCUT2D eigenvalue weighted by Gasteiger charge is -2.12. The van der Waals surface area contributed by atoms with Crippen molar-refractivity contribution in [2.75, 3.05) is 13.2 Å². The Morgan fingerprint density at radius 2 is 2.50 bits per heavy atom. The van der Waals surface area contributed by atoms with E-state index in [1.165, 1.54) is 6.20 Å². The average molecular weight is 244 g/mol. The molecule has 2 heterocycles. The normalized spacial score (nSPS) is 24.9. The van der Waals surface area contributed by atoms with E-state index in [4.69, 9.17) is 22.1 Å². The lowest BCUT2D eigenvalue weighted by molar-refractivity contribution is 0.0885. The lowest BCUT2D eigenvalue weighted by Crippen LogP contribution is -2.35. The fourth-order valence-corrected chi connectivity index (χ4v) is 2.10. The molecule has 16 heavy (non-hydrogen) atoms. The summed E-state index contributed by atoms with van der Waals surface area (Å²) in [7, 11) is 0. The van der Waals surface area contributed by atoms with E-state index >= 15 is 0 Å². The van der Waals surface area contributed by atoms with Gasteiger partial charge < -0.3 is 10.5 Å². The third-order valence-corrected chi connectivity index (χ3v) is 3.07. The predicted octanol–water partition coefficient (Wildman–Crippen LogP) is 0.713. The number of carbonyl (C=O) groups is 1. The van der Waals surface area contributed by atoms with Crippen molar-refractivity contribution in [1.82, 2.24) is 9.78 Å². The maximum atomic E-state index is 12.2. The van der Waals surface area contributed by atoms with Gasteiger partial charge in [0.25, 0.3) is 0 Å². The van der Waals surface area contributed by atoms with Gasteiger partial charge in [-0.05, 0) is 6.92 Å². The van der Waals surface area contributed by atoms with E-state index in [0.29, 0.717) is 30.5 Å². The van der Waals surface area contributed by atoms with E-state index in [-0.39, 0.29) is 17.7 Å². The summed E-state index contributed by atoms with van der Waals surface area (Å²) in [5.41, 5.74) is 6.25. The first-order valence-electron chi connectivity index (χ1n) is 5.24. The maximum Gasteiger partial charge on any atom is 0.189 e. The topological polar surface area (TPSA) is 70.1 Å². The zero-order valence-electron chi connectivity index (χ0n) is 9.02. The first-order valence-corrected chi connectivity index (χ1v) is 5.61. The molecule has 6 heteroatoms. The van der Waals surface area contributed by atoms with Gasteiger partial charge in [-0.15, -0.1) is 0 Å². The van der Waals surface area contributed by atoms with E-state index in [2.05, 4.69) is 5.10 Å². The van der Waals surface area contributed by atoms with Crippen molar-refractivity contribution in [3.8, 4) is 0 Å². The summed E-state index contributed by atoms with van der Waals surface area (Å²) in [4.78, 5) is 12.2. The second kappa shape index (κ2) is 4.53. The molecule has 0 aliphatic carbocycles. The number of ether oxygens (including phenoxy) is 1. The van der Waals surface area contributed by atoms with Crippen molar-refractivity contribution in [3.05, 3.63) is 16.9 Å². The Morgan fingerprint density at radius 1 is 1.75 bits per heavy atom. The van der Waals surface area contributed by atoms with Gasteiger partial charge >= 0.3 is 0 Å². The van der Waals surface area contributed by atoms with Gasteiger partial charge in [0.1, 0.15) is 5.69 Å². The standard InChI is InChI=1S/C10H14ClN3O2/c1-2-14-9(7(11)3-13-14)10(15)6-4-16-5-8(6)12/h3,6,8H,2,4-5,12H2,1H3. The average Bonchev–Trinajstić information content (AvgIpc) is 2.83. The third kappa shape index (κ3) is 1.86. The Kier molecular flexibility index (Phi) is 3.28. The Hall–Kier alpha value is -0.910. The van der Waals surface area contributed by atoms with E-state index in [0.717, 1.165) is 0 Å². The molecule has 1 aromatic rings.